The maximum atomic E-state index is 12.1. The number of hydrogen-bond donors (Lipinski definition) is 0. The molecule has 1 aromatic rings. The number of benzene rings is 1. The Balaban J connectivity index is 2.20. The van der Waals surface area contributed by atoms with Gasteiger partial charge in [0, 0.05) is 0 Å². The summed E-state index contributed by atoms with van der Waals surface area (Å²) < 4.78 is 9.96. The van der Waals surface area contributed by atoms with Crippen LogP contribution in [0.2, 0.25) is 0 Å². The first-order chi connectivity index (χ1) is 11.7. The number of esters is 2. The molecule has 0 aliphatic carbocycles. The molecule has 0 aliphatic rings. The molecule has 1 rings (SSSR count). The lowest BCUT2D eigenvalue weighted by atomic mass is 10.1. The van der Waals surface area contributed by atoms with E-state index in [1.807, 2.05) is 0 Å². The minimum absolute atomic E-state index is 0.247. The highest BCUT2D eigenvalue weighted by Gasteiger charge is 2.17. The SMILES string of the molecule is CCCCCCCCCCCOC(=O)c1ccccc1C(=O)OC. The Hall–Kier alpha value is -1.84. The van der Waals surface area contributed by atoms with Crippen LogP contribution >= 0.6 is 0 Å². The highest BCUT2D eigenvalue weighted by atomic mass is 16.5. The number of methoxy groups -OCH3 is 1. The second kappa shape index (κ2) is 12.6. The third-order valence-electron chi connectivity index (χ3n) is 4.03. The van der Waals surface area contributed by atoms with E-state index in [0.29, 0.717) is 6.61 Å². The number of unbranched alkanes of at least 4 members (excludes halogenated alkanes) is 8. The summed E-state index contributed by atoms with van der Waals surface area (Å²) >= 11 is 0. The highest BCUT2D eigenvalue weighted by molar-refractivity contribution is 6.03. The number of carbonyl (C=O) groups is 2. The van der Waals surface area contributed by atoms with Crippen molar-refractivity contribution in [2.45, 2.75) is 64.7 Å². The van der Waals surface area contributed by atoms with Crippen LogP contribution < -0.4 is 0 Å². The van der Waals surface area contributed by atoms with Crippen molar-refractivity contribution in [3.05, 3.63) is 35.4 Å². The minimum atomic E-state index is -0.523. The van der Waals surface area contributed by atoms with Crippen LogP contribution in [0.3, 0.4) is 0 Å². The number of carbonyl (C=O) groups excluding carboxylic acids is 2. The Morgan fingerprint density at radius 1 is 0.792 bits per heavy atom. The van der Waals surface area contributed by atoms with Gasteiger partial charge in [-0.1, -0.05) is 70.4 Å². The zero-order valence-corrected chi connectivity index (χ0v) is 15.0. The molecule has 0 radical (unpaired) electrons. The monoisotopic (exact) mass is 334 g/mol. The van der Waals surface area contributed by atoms with Crippen molar-refractivity contribution in [1.82, 2.24) is 0 Å². The van der Waals surface area contributed by atoms with E-state index < -0.39 is 11.9 Å². The molecule has 0 amide bonds. The average Bonchev–Trinajstić information content (AvgIpc) is 2.62. The molecule has 0 bridgehead atoms. The van der Waals surface area contributed by atoms with Crippen molar-refractivity contribution in [2.24, 2.45) is 0 Å². The standard InChI is InChI=1S/C20H30O4/c1-3-4-5-6-7-8-9-10-13-16-24-20(22)18-15-12-11-14-17(18)19(21)23-2/h11-12,14-15H,3-10,13,16H2,1-2H3. The van der Waals surface area contributed by atoms with Crippen LogP contribution in [-0.2, 0) is 9.47 Å². The van der Waals surface area contributed by atoms with Crippen molar-refractivity contribution in [3.63, 3.8) is 0 Å². The summed E-state index contributed by atoms with van der Waals surface area (Å²) in [5, 5.41) is 0. The van der Waals surface area contributed by atoms with Crippen LogP contribution in [0.5, 0.6) is 0 Å². The summed E-state index contributed by atoms with van der Waals surface area (Å²) in [7, 11) is 1.30. The zero-order chi connectivity index (χ0) is 17.6. The van der Waals surface area contributed by atoms with E-state index in [0.717, 1.165) is 12.8 Å². The van der Waals surface area contributed by atoms with E-state index >= 15 is 0 Å². The normalized spacial score (nSPS) is 10.4. The van der Waals surface area contributed by atoms with Crippen molar-refractivity contribution in [3.8, 4) is 0 Å². The smallest absolute Gasteiger partial charge is 0.339 e. The van der Waals surface area contributed by atoms with Gasteiger partial charge in [-0.3, -0.25) is 0 Å². The molecule has 0 aromatic heterocycles. The lowest BCUT2D eigenvalue weighted by Crippen LogP contribution is -2.13. The van der Waals surface area contributed by atoms with Crippen molar-refractivity contribution < 1.29 is 19.1 Å². The van der Waals surface area contributed by atoms with E-state index in [9.17, 15) is 9.59 Å². The highest BCUT2D eigenvalue weighted by Crippen LogP contribution is 2.13. The lowest BCUT2D eigenvalue weighted by molar-refractivity contribution is 0.0480. The molecule has 134 valence electrons. The molecule has 1 aromatic carbocycles. The molecule has 0 atom stereocenters. The Bertz CT molecular complexity index is 496. The summed E-state index contributed by atoms with van der Waals surface area (Å²) in [4.78, 5) is 23.7. The van der Waals surface area contributed by atoms with Gasteiger partial charge in [0.2, 0.25) is 0 Å². The molecule has 24 heavy (non-hydrogen) atoms. The lowest BCUT2D eigenvalue weighted by Gasteiger charge is -2.08. The predicted molar refractivity (Wildman–Crippen MR) is 95.3 cm³/mol. The first-order valence-electron chi connectivity index (χ1n) is 9.05. The molecule has 0 saturated carbocycles. The largest absolute Gasteiger partial charge is 0.465 e. The molecular formula is C20H30O4. The van der Waals surface area contributed by atoms with Crippen molar-refractivity contribution in [1.29, 1.82) is 0 Å². The van der Waals surface area contributed by atoms with E-state index in [-0.39, 0.29) is 11.1 Å². The maximum absolute atomic E-state index is 12.1. The fraction of sp³-hybridized carbons (Fsp3) is 0.600. The van der Waals surface area contributed by atoms with Gasteiger partial charge in [0.15, 0.2) is 0 Å². The van der Waals surface area contributed by atoms with Gasteiger partial charge in [-0.05, 0) is 18.6 Å². The molecule has 0 unspecified atom stereocenters. The van der Waals surface area contributed by atoms with Crippen LogP contribution in [0.4, 0.5) is 0 Å². The van der Waals surface area contributed by atoms with Gasteiger partial charge >= 0.3 is 11.9 Å². The van der Waals surface area contributed by atoms with Crippen molar-refractivity contribution >= 4 is 11.9 Å². The average molecular weight is 334 g/mol. The van der Waals surface area contributed by atoms with Crippen molar-refractivity contribution in [2.75, 3.05) is 13.7 Å². The molecule has 4 heteroatoms. The van der Waals surface area contributed by atoms with Gasteiger partial charge in [-0.2, -0.15) is 0 Å². The minimum Gasteiger partial charge on any atom is -0.465 e. The van der Waals surface area contributed by atoms with Crippen LogP contribution in [0.15, 0.2) is 24.3 Å². The van der Waals surface area contributed by atoms with Crippen LogP contribution in [0.25, 0.3) is 0 Å². The number of ether oxygens (including phenoxy) is 2. The first-order valence-corrected chi connectivity index (χ1v) is 9.05. The second-order valence-corrected chi connectivity index (χ2v) is 6.00. The molecule has 0 heterocycles. The summed E-state index contributed by atoms with van der Waals surface area (Å²) in [6.45, 7) is 2.62. The van der Waals surface area contributed by atoms with Crippen LogP contribution in [-0.4, -0.2) is 25.7 Å². The van der Waals surface area contributed by atoms with Gasteiger partial charge < -0.3 is 9.47 Å². The van der Waals surface area contributed by atoms with E-state index in [2.05, 4.69) is 11.7 Å². The Labute approximate surface area is 145 Å². The molecule has 0 N–H and O–H groups in total. The fourth-order valence-corrected chi connectivity index (χ4v) is 2.60. The third kappa shape index (κ3) is 7.62. The molecule has 0 saturated heterocycles. The van der Waals surface area contributed by atoms with E-state index in [1.165, 1.54) is 52.1 Å². The Morgan fingerprint density at radius 2 is 1.29 bits per heavy atom. The third-order valence-corrected chi connectivity index (χ3v) is 4.03. The Kier molecular flexibility index (Phi) is 10.6. The summed E-state index contributed by atoms with van der Waals surface area (Å²) in [6.07, 6.45) is 11.0. The fourth-order valence-electron chi connectivity index (χ4n) is 2.60. The Morgan fingerprint density at radius 3 is 1.83 bits per heavy atom. The van der Waals surface area contributed by atoms with Gasteiger partial charge in [0.25, 0.3) is 0 Å². The molecular weight excluding hydrogens is 304 g/mol. The maximum Gasteiger partial charge on any atom is 0.339 e. The van der Waals surface area contributed by atoms with Gasteiger partial charge in [-0.15, -0.1) is 0 Å². The van der Waals surface area contributed by atoms with E-state index in [4.69, 9.17) is 4.74 Å². The quantitative estimate of drug-likeness (QED) is 0.391. The van der Waals surface area contributed by atoms with Crippen LogP contribution in [0.1, 0.15) is 85.4 Å². The molecule has 0 aliphatic heterocycles. The molecule has 0 spiro atoms. The second-order valence-electron chi connectivity index (χ2n) is 6.00. The molecule has 4 nitrogen and oxygen atoms in total. The summed E-state index contributed by atoms with van der Waals surface area (Å²) in [6, 6.07) is 6.57. The summed E-state index contributed by atoms with van der Waals surface area (Å²) in [5.74, 6) is -0.985. The number of hydrogen-bond acceptors (Lipinski definition) is 4. The van der Waals surface area contributed by atoms with Crippen LogP contribution in [0, 0.1) is 0 Å². The topological polar surface area (TPSA) is 52.6 Å². The predicted octanol–water partition coefficient (Wildman–Crippen LogP) is 5.16. The number of rotatable bonds is 12. The summed E-state index contributed by atoms with van der Waals surface area (Å²) in [5.41, 5.74) is 0.511. The van der Waals surface area contributed by atoms with Gasteiger partial charge in [0.05, 0.1) is 24.8 Å². The molecule has 0 fully saturated rings. The van der Waals surface area contributed by atoms with E-state index in [1.54, 1.807) is 24.3 Å². The van der Waals surface area contributed by atoms with Gasteiger partial charge in [-0.25, -0.2) is 9.59 Å². The zero-order valence-electron chi connectivity index (χ0n) is 15.0. The van der Waals surface area contributed by atoms with Gasteiger partial charge in [0.1, 0.15) is 0 Å². The first kappa shape index (κ1) is 20.2.